The standard InChI is InChI=1S/C16H10F3NS/c17-16(18,19)12-7-6-11-8-14(10-20-15(11)9-12)21-13-4-2-1-3-5-13/h1-10H. The minimum Gasteiger partial charge on any atom is -0.255 e. The van der Waals surface area contributed by atoms with E-state index < -0.39 is 11.7 Å². The Balaban J connectivity index is 1.94. The SMILES string of the molecule is FC(F)(F)c1ccc2cc(Sc3ccccc3)cnc2c1. The third kappa shape index (κ3) is 3.19. The lowest BCUT2D eigenvalue weighted by atomic mass is 10.1. The summed E-state index contributed by atoms with van der Waals surface area (Å²) in [6.45, 7) is 0. The lowest BCUT2D eigenvalue weighted by Gasteiger charge is -2.08. The summed E-state index contributed by atoms with van der Waals surface area (Å²) in [6, 6.07) is 15.2. The number of hydrogen-bond donors (Lipinski definition) is 0. The van der Waals surface area contributed by atoms with Gasteiger partial charge in [-0.1, -0.05) is 36.0 Å². The van der Waals surface area contributed by atoms with Crippen molar-refractivity contribution in [1.29, 1.82) is 0 Å². The third-order valence-corrected chi connectivity index (χ3v) is 3.93. The van der Waals surface area contributed by atoms with Crippen LogP contribution in [-0.2, 0) is 6.18 Å². The molecule has 1 nitrogen and oxygen atoms in total. The fourth-order valence-electron chi connectivity index (χ4n) is 1.96. The molecule has 1 heterocycles. The van der Waals surface area contributed by atoms with E-state index in [4.69, 9.17) is 0 Å². The first-order chi connectivity index (χ1) is 10.0. The Labute approximate surface area is 123 Å². The maximum atomic E-state index is 12.7. The second kappa shape index (κ2) is 5.41. The number of alkyl halides is 3. The third-order valence-electron chi connectivity index (χ3n) is 2.97. The summed E-state index contributed by atoms with van der Waals surface area (Å²) in [6.07, 6.45) is -2.74. The van der Waals surface area contributed by atoms with Gasteiger partial charge in [-0.3, -0.25) is 4.98 Å². The molecule has 21 heavy (non-hydrogen) atoms. The molecule has 0 aliphatic heterocycles. The predicted molar refractivity (Wildman–Crippen MR) is 77.3 cm³/mol. The van der Waals surface area contributed by atoms with E-state index in [2.05, 4.69) is 4.98 Å². The van der Waals surface area contributed by atoms with Gasteiger partial charge >= 0.3 is 6.18 Å². The van der Waals surface area contributed by atoms with E-state index in [9.17, 15) is 13.2 Å². The molecule has 0 saturated carbocycles. The summed E-state index contributed by atoms with van der Waals surface area (Å²) in [5.41, 5.74) is -0.326. The Bertz CT molecular complexity index is 769. The molecule has 0 bridgehead atoms. The van der Waals surface area contributed by atoms with Gasteiger partial charge in [-0.15, -0.1) is 0 Å². The van der Waals surface area contributed by atoms with Crippen molar-refractivity contribution in [2.75, 3.05) is 0 Å². The highest BCUT2D eigenvalue weighted by Crippen LogP contribution is 2.33. The Morgan fingerprint density at radius 1 is 0.857 bits per heavy atom. The number of halogens is 3. The molecule has 3 aromatic rings. The first kappa shape index (κ1) is 13.9. The highest BCUT2D eigenvalue weighted by atomic mass is 32.2. The van der Waals surface area contributed by atoms with E-state index in [1.807, 2.05) is 36.4 Å². The van der Waals surface area contributed by atoms with E-state index in [1.54, 1.807) is 6.20 Å². The molecule has 5 heteroatoms. The van der Waals surface area contributed by atoms with Crippen LogP contribution in [0.4, 0.5) is 13.2 Å². The highest BCUT2D eigenvalue weighted by molar-refractivity contribution is 7.99. The number of fused-ring (bicyclic) bond motifs is 1. The van der Waals surface area contributed by atoms with Crippen molar-refractivity contribution in [3.63, 3.8) is 0 Å². The normalized spacial score (nSPS) is 11.8. The van der Waals surface area contributed by atoms with Crippen LogP contribution in [0.3, 0.4) is 0 Å². The largest absolute Gasteiger partial charge is 0.416 e. The summed E-state index contributed by atoms with van der Waals surface area (Å²) < 4.78 is 38.0. The minimum absolute atomic E-state index is 0.349. The average Bonchev–Trinajstić information content (AvgIpc) is 2.47. The number of benzene rings is 2. The van der Waals surface area contributed by atoms with Crippen molar-refractivity contribution in [2.45, 2.75) is 16.0 Å². The van der Waals surface area contributed by atoms with E-state index in [1.165, 1.54) is 17.8 Å². The number of nitrogens with zero attached hydrogens (tertiary/aromatic N) is 1. The highest BCUT2D eigenvalue weighted by Gasteiger charge is 2.30. The fraction of sp³-hybridized carbons (Fsp3) is 0.0625. The van der Waals surface area contributed by atoms with Crippen LogP contribution in [0.2, 0.25) is 0 Å². The molecule has 3 rings (SSSR count). The zero-order chi connectivity index (χ0) is 14.9. The first-order valence-electron chi connectivity index (χ1n) is 6.22. The van der Waals surface area contributed by atoms with Crippen LogP contribution in [0.1, 0.15) is 5.56 Å². The predicted octanol–water partition coefficient (Wildman–Crippen LogP) is 5.40. The quantitative estimate of drug-likeness (QED) is 0.628. The van der Waals surface area contributed by atoms with Gasteiger partial charge in [0.25, 0.3) is 0 Å². The summed E-state index contributed by atoms with van der Waals surface area (Å²) >= 11 is 1.53. The molecule has 0 saturated heterocycles. The maximum absolute atomic E-state index is 12.7. The van der Waals surface area contributed by atoms with Crippen LogP contribution >= 0.6 is 11.8 Å². The molecule has 0 fully saturated rings. The number of rotatable bonds is 2. The molecular weight excluding hydrogens is 295 g/mol. The van der Waals surface area contributed by atoms with E-state index in [0.717, 1.165) is 21.9 Å². The van der Waals surface area contributed by atoms with Crippen molar-refractivity contribution in [3.05, 3.63) is 66.4 Å². The average molecular weight is 305 g/mol. The minimum atomic E-state index is -4.34. The monoisotopic (exact) mass is 305 g/mol. The Morgan fingerprint density at radius 3 is 2.33 bits per heavy atom. The van der Waals surface area contributed by atoms with Gasteiger partial charge < -0.3 is 0 Å². The summed E-state index contributed by atoms with van der Waals surface area (Å²) in [4.78, 5) is 6.09. The van der Waals surface area contributed by atoms with Crippen LogP contribution in [0.5, 0.6) is 0 Å². The van der Waals surface area contributed by atoms with Crippen molar-refractivity contribution in [1.82, 2.24) is 4.98 Å². The summed E-state index contributed by atoms with van der Waals surface area (Å²) in [5, 5.41) is 0.698. The van der Waals surface area contributed by atoms with E-state index in [0.29, 0.717) is 10.9 Å². The summed E-state index contributed by atoms with van der Waals surface area (Å²) in [5.74, 6) is 0. The maximum Gasteiger partial charge on any atom is 0.416 e. The molecule has 0 aliphatic carbocycles. The van der Waals surface area contributed by atoms with Gasteiger partial charge in [0.1, 0.15) is 0 Å². The van der Waals surface area contributed by atoms with Crippen molar-refractivity contribution >= 4 is 22.7 Å². The molecule has 1 aromatic heterocycles. The molecular formula is C16H10F3NS. The number of hydrogen-bond acceptors (Lipinski definition) is 2. The van der Waals surface area contributed by atoms with Crippen LogP contribution in [-0.4, -0.2) is 4.98 Å². The zero-order valence-electron chi connectivity index (χ0n) is 10.8. The van der Waals surface area contributed by atoms with Gasteiger partial charge in [0.2, 0.25) is 0 Å². The molecule has 0 aliphatic rings. The van der Waals surface area contributed by atoms with Crippen LogP contribution < -0.4 is 0 Å². The Kier molecular flexibility index (Phi) is 3.59. The van der Waals surface area contributed by atoms with Crippen LogP contribution in [0, 0.1) is 0 Å². The fourth-order valence-corrected chi connectivity index (χ4v) is 2.81. The van der Waals surface area contributed by atoms with Crippen molar-refractivity contribution in [3.8, 4) is 0 Å². The van der Waals surface area contributed by atoms with Crippen LogP contribution in [0.25, 0.3) is 10.9 Å². The second-order valence-electron chi connectivity index (χ2n) is 4.49. The van der Waals surface area contributed by atoms with Gasteiger partial charge in [0, 0.05) is 21.4 Å². The second-order valence-corrected chi connectivity index (χ2v) is 5.64. The van der Waals surface area contributed by atoms with Crippen molar-refractivity contribution in [2.24, 2.45) is 0 Å². The molecule has 0 unspecified atom stereocenters. The zero-order valence-corrected chi connectivity index (χ0v) is 11.6. The molecule has 0 radical (unpaired) electrons. The molecule has 0 amide bonds. The van der Waals surface area contributed by atoms with Gasteiger partial charge in [0.15, 0.2) is 0 Å². The lowest BCUT2D eigenvalue weighted by molar-refractivity contribution is -0.137. The van der Waals surface area contributed by atoms with Gasteiger partial charge in [-0.2, -0.15) is 13.2 Å². The topological polar surface area (TPSA) is 12.9 Å². The van der Waals surface area contributed by atoms with Gasteiger partial charge in [-0.05, 0) is 30.3 Å². The molecule has 0 atom stereocenters. The van der Waals surface area contributed by atoms with Gasteiger partial charge in [-0.25, -0.2) is 0 Å². The number of aromatic nitrogens is 1. The number of pyridine rings is 1. The first-order valence-corrected chi connectivity index (χ1v) is 7.04. The molecule has 106 valence electrons. The van der Waals surface area contributed by atoms with Gasteiger partial charge in [0.05, 0.1) is 11.1 Å². The smallest absolute Gasteiger partial charge is 0.255 e. The van der Waals surface area contributed by atoms with E-state index in [-0.39, 0.29) is 0 Å². The Hall–Kier alpha value is -2.01. The Morgan fingerprint density at radius 2 is 1.62 bits per heavy atom. The summed E-state index contributed by atoms with van der Waals surface area (Å²) in [7, 11) is 0. The lowest BCUT2D eigenvalue weighted by Crippen LogP contribution is -2.04. The molecule has 0 spiro atoms. The molecule has 2 aromatic carbocycles. The van der Waals surface area contributed by atoms with E-state index >= 15 is 0 Å². The van der Waals surface area contributed by atoms with Crippen LogP contribution in [0.15, 0.2) is 70.6 Å². The molecule has 0 N–H and O–H groups in total. The van der Waals surface area contributed by atoms with Crippen molar-refractivity contribution < 1.29 is 13.2 Å².